The summed E-state index contributed by atoms with van der Waals surface area (Å²) in [6, 6.07) is 0. The van der Waals surface area contributed by atoms with Gasteiger partial charge in [-0.3, -0.25) is 0 Å². The highest BCUT2D eigenvalue weighted by Crippen LogP contribution is 2.19. The van der Waals surface area contributed by atoms with Crippen molar-refractivity contribution in [2.75, 3.05) is 5.88 Å². The highest BCUT2D eigenvalue weighted by molar-refractivity contribution is 6.46. The molecule has 70 valence electrons. The van der Waals surface area contributed by atoms with Crippen molar-refractivity contribution < 1.29 is 13.2 Å². The second-order valence-electron chi connectivity index (χ2n) is 1.53. The van der Waals surface area contributed by atoms with Crippen molar-refractivity contribution in [2.24, 2.45) is 0 Å². The maximum Gasteiger partial charge on any atom is 0.335 e. The first-order valence-corrected chi connectivity index (χ1v) is 3.92. The Kier molecular flexibility index (Phi) is 7.33. The fourth-order valence-corrected chi connectivity index (χ4v) is 0. The minimum absolute atomic E-state index is 0.825. The molecule has 0 bridgehead atoms. The van der Waals surface area contributed by atoms with Crippen LogP contribution in [0.15, 0.2) is 0 Å². The van der Waals surface area contributed by atoms with Crippen LogP contribution in [-0.4, -0.2) is 15.8 Å². The largest absolute Gasteiger partial charge is 0.335 e. The molecule has 0 atom stereocenters. The van der Waals surface area contributed by atoms with Crippen molar-refractivity contribution in [3.63, 3.8) is 0 Å². The molecule has 0 radical (unpaired) electrons. The summed E-state index contributed by atoms with van der Waals surface area (Å²) >= 11 is 18.1. The van der Waals surface area contributed by atoms with Crippen LogP contribution in [0, 0.1) is 0 Å². The Morgan fingerprint density at radius 3 is 1.18 bits per heavy atom. The lowest BCUT2D eigenvalue weighted by Gasteiger charge is -1.96. The first-order chi connectivity index (χ1) is 4.56. The second-order valence-corrected chi connectivity index (χ2v) is 3.96. The predicted molar refractivity (Wildman–Crippen MR) is 42.7 cm³/mol. The first-order valence-electron chi connectivity index (χ1n) is 2.25. The quantitative estimate of drug-likeness (QED) is 0.614. The van der Waals surface area contributed by atoms with E-state index in [2.05, 4.69) is 46.4 Å². The molecule has 0 N–H and O–H groups in total. The summed E-state index contributed by atoms with van der Waals surface area (Å²) in [4.78, 5) is 0. The Morgan fingerprint density at radius 2 is 1.18 bits per heavy atom. The molecule has 0 saturated carbocycles. The molecular weight excluding hydrogens is 247 g/mol. The Morgan fingerprint density at radius 1 is 1.09 bits per heavy atom. The molecule has 0 spiro atoms. The summed E-state index contributed by atoms with van der Waals surface area (Å²) in [5.41, 5.74) is 0. The van der Waals surface area contributed by atoms with Crippen LogP contribution in [0.3, 0.4) is 0 Å². The van der Waals surface area contributed by atoms with Gasteiger partial charge in [-0.2, -0.15) is 8.78 Å². The van der Waals surface area contributed by atoms with E-state index in [0.29, 0.717) is 0 Å². The highest BCUT2D eigenvalue weighted by atomic mass is 35.5. The number of rotatable bonds is 1. The van der Waals surface area contributed by atoms with Crippen molar-refractivity contribution in [1.82, 2.24) is 0 Å². The van der Waals surface area contributed by atoms with Crippen LogP contribution in [0.5, 0.6) is 0 Å². The van der Waals surface area contributed by atoms with Crippen LogP contribution in [0.4, 0.5) is 13.2 Å². The van der Waals surface area contributed by atoms with Gasteiger partial charge >= 0.3 is 5.38 Å². The van der Waals surface area contributed by atoms with E-state index in [1.807, 2.05) is 0 Å². The van der Waals surface area contributed by atoms with E-state index in [1.165, 1.54) is 0 Å². The molecule has 0 aromatic rings. The summed E-state index contributed by atoms with van der Waals surface area (Å²) in [6.45, 7) is 1.05. The van der Waals surface area contributed by atoms with Crippen LogP contribution in [0.1, 0.15) is 6.92 Å². The van der Waals surface area contributed by atoms with Crippen LogP contribution in [0.2, 0.25) is 0 Å². The van der Waals surface area contributed by atoms with E-state index in [4.69, 9.17) is 0 Å². The molecule has 0 unspecified atom stereocenters. The maximum atomic E-state index is 11.2. The molecule has 0 aromatic carbocycles. The topological polar surface area (TPSA) is 0 Å². The second kappa shape index (κ2) is 5.57. The van der Waals surface area contributed by atoms with Gasteiger partial charge in [-0.15, -0.1) is 11.6 Å². The third kappa shape index (κ3) is 56.2. The van der Waals surface area contributed by atoms with Gasteiger partial charge < -0.3 is 0 Å². The van der Waals surface area contributed by atoms with Gasteiger partial charge in [0.05, 0.1) is 0 Å². The Labute approximate surface area is 82.5 Å². The standard InChI is InChI=1S/C2H2Cl2F2.C2H3Cl2F/c3-1-2(4,5)6;1-2(3,4)5/h1H2;1H3. The minimum Gasteiger partial charge on any atom is -0.208 e. The molecule has 0 saturated heterocycles. The average molecular weight is 252 g/mol. The fourth-order valence-electron chi connectivity index (χ4n) is 0. The predicted octanol–water partition coefficient (Wildman–Crippen LogP) is 4.16. The van der Waals surface area contributed by atoms with Gasteiger partial charge in [0, 0.05) is 0 Å². The molecule has 11 heavy (non-hydrogen) atoms. The van der Waals surface area contributed by atoms with E-state index < -0.39 is 15.8 Å². The van der Waals surface area contributed by atoms with Gasteiger partial charge in [-0.05, 0) is 18.5 Å². The molecule has 0 rings (SSSR count). The average Bonchev–Trinajstić information content (AvgIpc) is 1.59. The van der Waals surface area contributed by atoms with E-state index >= 15 is 0 Å². The summed E-state index contributed by atoms with van der Waals surface area (Å²) in [7, 11) is 0. The zero-order valence-electron chi connectivity index (χ0n) is 5.35. The lowest BCUT2D eigenvalue weighted by Crippen LogP contribution is -2.05. The van der Waals surface area contributed by atoms with Crippen LogP contribution in [-0.2, 0) is 0 Å². The minimum atomic E-state index is -3.22. The van der Waals surface area contributed by atoms with Crippen LogP contribution in [0.25, 0.3) is 0 Å². The number of hydrogen-bond acceptors (Lipinski definition) is 0. The van der Waals surface area contributed by atoms with E-state index in [1.54, 1.807) is 0 Å². The smallest absolute Gasteiger partial charge is 0.208 e. The number of halogens is 7. The van der Waals surface area contributed by atoms with Gasteiger partial charge in [0.2, 0.25) is 0 Å². The highest BCUT2D eigenvalue weighted by Gasteiger charge is 2.21. The molecule has 0 aromatic heterocycles. The summed E-state index contributed by atoms with van der Waals surface area (Å²) in [6.07, 6.45) is 0. The van der Waals surface area contributed by atoms with Crippen LogP contribution < -0.4 is 0 Å². The van der Waals surface area contributed by atoms with Gasteiger partial charge in [-0.1, -0.05) is 23.2 Å². The molecule has 0 nitrogen and oxygen atoms in total. The molecule has 0 aliphatic carbocycles. The van der Waals surface area contributed by atoms with E-state index in [-0.39, 0.29) is 0 Å². The zero-order chi connectivity index (χ0) is 9.71. The number of alkyl halides is 7. The van der Waals surface area contributed by atoms with Gasteiger partial charge in [-0.25, -0.2) is 4.39 Å². The maximum absolute atomic E-state index is 11.2. The van der Waals surface area contributed by atoms with Crippen molar-refractivity contribution in [2.45, 2.75) is 16.9 Å². The third-order valence-corrected chi connectivity index (χ3v) is 0.758. The van der Waals surface area contributed by atoms with Gasteiger partial charge in [0.25, 0.3) is 4.59 Å². The molecule has 0 heterocycles. The lowest BCUT2D eigenvalue weighted by atomic mass is 10.8. The van der Waals surface area contributed by atoms with Crippen molar-refractivity contribution in [3.8, 4) is 0 Å². The normalized spacial score (nSPS) is 12.0. The Bertz CT molecular complexity index is 88.5. The molecule has 0 fully saturated rings. The Hall–Kier alpha value is 0.950. The molecule has 0 amide bonds. The lowest BCUT2D eigenvalue weighted by molar-refractivity contribution is 0.123. The SMILES string of the molecule is CC(F)(Cl)Cl.FC(F)(Cl)CCl. The van der Waals surface area contributed by atoms with Crippen molar-refractivity contribution >= 4 is 46.4 Å². The molecule has 7 heteroatoms. The summed E-state index contributed by atoms with van der Waals surface area (Å²) in [5, 5.41) is -3.22. The monoisotopic (exact) mass is 250 g/mol. The molecular formula is C4H5Cl4F3. The van der Waals surface area contributed by atoms with Crippen molar-refractivity contribution in [1.29, 1.82) is 0 Å². The van der Waals surface area contributed by atoms with E-state index in [0.717, 1.165) is 6.92 Å². The summed E-state index contributed by atoms with van der Waals surface area (Å²) < 4.78 is 31.3. The number of hydrogen-bond donors (Lipinski definition) is 0. The van der Waals surface area contributed by atoms with Crippen LogP contribution >= 0.6 is 46.4 Å². The van der Waals surface area contributed by atoms with E-state index in [9.17, 15) is 13.2 Å². The summed E-state index contributed by atoms with van der Waals surface area (Å²) in [5.74, 6) is -0.825. The fraction of sp³-hybridized carbons (Fsp3) is 1.00. The first kappa shape index (κ1) is 14.5. The Balaban J connectivity index is 0. The molecule has 0 aliphatic heterocycles. The molecule has 0 aliphatic rings. The van der Waals surface area contributed by atoms with Crippen molar-refractivity contribution in [3.05, 3.63) is 0 Å². The van der Waals surface area contributed by atoms with Gasteiger partial charge in [0.15, 0.2) is 0 Å². The van der Waals surface area contributed by atoms with Gasteiger partial charge in [0.1, 0.15) is 5.88 Å². The third-order valence-electron chi connectivity index (χ3n) is 0.152. The zero-order valence-corrected chi connectivity index (χ0v) is 8.38.